The van der Waals surface area contributed by atoms with E-state index in [0.717, 1.165) is 18.3 Å². The highest BCUT2D eigenvalue weighted by Gasteiger charge is 2.09. The van der Waals surface area contributed by atoms with Gasteiger partial charge in [-0.05, 0) is 25.0 Å². The van der Waals surface area contributed by atoms with E-state index in [4.69, 9.17) is 22.0 Å². The van der Waals surface area contributed by atoms with Crippen molar-refractivity contribution in [1.29, 1.82) is 5.41 Å². The number of nitrogens with zero attached hydrogens (tertiary/aromatic N) is 2. The van der Waals surface area contributed by atoms with Crippen LogP contribution in [0.25, 0.3) is 0 Å². The predicted molar refractivity (Wildman–Crippen MR) is 82.0 cm³/mol. The summed E-state index contributed by atoms with van der Waals surface area (Å²) in [6.07, 6.45) is 0.984. The third kappa shape index (κ3) is 4.96. The quantitative estimate of drug-likeness (QED) is 0.284. The molecule has 6 N–H and O–H groups in total. The lowest BCUT2D eigenvalue weighted by atomic mass is 10.1. The van der Waals surface area contributed by atoms with Crippen LogP contribution in [0, 0.1) is 28.9 Å². The Morgan fingerprint density at radius 2 is 2.18 bits per heavy atom. The molecule has 1 aromatic carbocycles. The molecule has 8 heteroatoms. The Hall–Kier alpha value is -2.79. The predicted octanol–water partition coefficient (Wildman–Crippen LogP) is 0.685. The molecule has 0 fully saturated rings. The highest BCUT2D eigenvalue weighted by atomic mass is 19.1. The summed E-state index contributed by atoms with van der Waals surface area (Å²) in [5.41, 5.74) is 9.67. The molecule has 6 nitrogen and oxygen atoms in total. The van der Waals surface area contributed by atoms with Gasteiger partial charge in [-0.2, -0.15) is 0 Å². The first-order valence-electron chi connectivity index (χ1n) is 6.17. The summed E-state index contributed by atoms with van der Waals surface area (Å²) < 4.78 is 27.0. The smallest absolute Gasteiger partial charge is 0.215 e. The number of hydrogen-bond donors (Lipinski definition) is 4. The van der Waals surface area contributed by atoms with Crippen molar-refractivity contribution in [2.75, 3.05) is 12.3 Å². The zero-order valence-corrected chi connectivity index (χ0v) is 11.8. The second-order valence-electron chi connectivity index (χ2n) is 4.27. The first-order chi connectivity index (χ1) is 10.3. The lowest BCUT2D eigenvalue weighted by Crippen LogP contribution is -2.15. The largest absolute Gasteiger partial charge is 0.396 e. The summed E-state index contributed by atoms with van der Waals surface area (Å²) in [6.45, 7) is 1.43. The molecule has 0 spiro atoms. The Morgan fingerprint density at radius 3 is 2.82 bits per heavy atom. The van der Waals surface area contributed by atoms with E-state index in [-0.39, 0.29) is 24.0 Å². The van der Waals surface area contributed by atoms with E-state index in [1.807, 2.05) is 0 Å². The van der Waals surface area contributed by atoms with Crippen molar-refractivity contribution in [2.45, 2.75) is 13.0 Å². The van der Waals surface area contributed by atoms with Crippen LogP contribution in [0.3, 0.4) is 0 Å². The van der Waals surface area contributed by atoms with E-state index < -0.39 is 23.2 Å². The molecule has 22 heavy (non-hydrogen) atoms. The SMILES string of the molecule is CC(CO)N=C(N)N=CC(=N)C#Cc1c(F)ccc(N)c1F. The number of nitrogens with two attached hydrogens (primary N) is 2. The number of aliphatic imine (C=N–C) groups is 2. The van der Waals surface area contributed by atoms with Crippen LogP contribution < -0.4 is 11.5 Å². The maximum atomic E-state index is 13.6. The van der Waals surface area contributed by atoms with Crippen LogP contribution in [-0.2, 0) is 0 Å². The summed E-state index contributed by atoms with van der Waals surface area (Å²) in [5.74, 6) is 2.41. The molecule has 0 saturated heterocycles. The van der Waals surface area contributed by atoms with Gasteiger partial charge >= 0.3 is 0 Å². The number of aliphatic hydroxyl groups is 1. The first-order valence-corrected chi connectivity index (χ1v) is 6.17. The average Bonchev–Trinajstić information content (AvgIpc) is 2.48. The molecule has 0 aliphatic rings. The molecule has 0 saturated carbocycles. The van der Waals surface area contributed by atoms with Crippen molar-refractivity contribution in [3.8, 4) is 11.8 Å². The standard InChI is InChI=1S/C14H15F2N5O/c1-8(7-22)21-14(19)20-6-9(17)2-3-10-11(15)4-5-12(18)13(10)16/h4-6,8,17,22H,7,18H2,1H3,(H2,19,21). The van der Waals surface area contributed by atoms with Crippen LogP contribution in [0.15, 0.2) is 22.1 Å². The molecule has 1 unspecified atom stereocenters. The number of hydrogen-bond acceptors (Lipinski definition) is 4. The minimum atomic E-state index is -0.977. The van der Waals surface area contributed by atoms with Gasteiger partial charge in [0, 0.05) is 0 Å². The number of guanidine groups is 1. The van der Waals surface area contributed by atoms with Gasteiger partial charge in [-0.15, -0.1) is 0 Å². The van der Waals surface area contributed by atoms with Crippen LogP contribution in [0.1, 0.15) is 12.5 Å². The molecule has 0 heterocycles. The van der Waals surface area contributed by atoms with E-state index in [1.165, 1.54) is 0 Å². The number of benzene rings is 1. The zero-order valence-electron chi connectivity index (χ0n) is 11.8. The third-order valence-electron chi connectivity index (χ3n) is 2.39. The molecule has 0 amide bonds. The minimum Gasteiger partial charge on any atom is -0.396 e. The molecule has 1 atom stereocenters. The maximum absolute atomic E-state index is 13.6. The van der Waals surface area contributed by atoms with Crippen molar-refractivity contribution in [1.82, 2.24) is 0 Å². The molecule has 0 aromatic heterocycles. The maximum Gasteiger partial charge on any atom is 0.215 e. The Balaban J connectivity index is 2.88. The molecule has 1 rings (SSSR count). The first kappa shape index (κ1) is 17.3. The topological polar surface area (TPSA) is 121 Å². The van der Waals surface area contributed by atoms with Crippen LogP contribution in [0.5, 0.6) is 0 Å². The van der Waals surface area contributed by atoms with Crippen molar-refractivity contribution in [3.05, 3.63) is 29.3 Å². The Morgan fingerprint density at radius 1 is 1.50 bits per heavy atom. The summed E-state index contributed by atoms with van der Waals surface area (Å²) in [6, 6.07) is 1.65. The van der Waals surface area contributed by atoms with Gasteiger partial charge in [-0.3, -0.25) is 5.41 Å². The van der Waals surface area contributed by atoms with Gasteiger partial charge < -0.3 is 16.6 Å². The number of nitrogens with one attached hydrogen (secondary N) is 1. The fourth-order valence-corrected chi connectivity index (χ4v) is 1.28. The van der Waals surface area contributed by atoms with E-state index in [0.29, 0.717) is 0 Å². The molecular weight excluding hydrogens is 292 g/mol. The molecule has 116 valence electrons. The normalized spacial score (nSPS) is 12.8. The van der Waals surface area contributed by atoms with Gasteiger partial charge in [0.25, 0.3) is 0 Å². The fourth-order valence-electron chi connectivity index (χ4n) is 1.28. The van der Waals surface area contributed by atoms with Crippen LogP contribution in [0.4, 0.5) is 14.5 Å². The van der Waals surface area contributed by atoms with Crippen molar-refractivity contribution < 1.29 is 13.9 Å². The molecular formula is C14H15F2N5O. The third-order valence-corrected chi connectivity index (χ3v) is 2.39. The second kappa shape index (κ2) is 7.85. The Bertz CT molecular complexity index is 688. The van der Waals surface area contributed by atoms with E-state index in [9.17, 15) is 8.78 Å². The molecule has 0 bridgehead atoms. The monoisotopic (exact) mass is 307 g/mol. The van der Waals surface area contributed by atoms with Gasteiger partial charge in [0.15, 0.2) is 5.82 Å². The lowest BCUT2D eigenvalue weighted by Gasteiger charge is -2.00. The number of rotatable bonds is 3. The minimum absolute atomic E-state index is 0.144. The van der Waals surface area contributed by atoms with Gasteiger partial charge in [0.2, 0.25) is 5.96 Å². The number of anilines is 1. The number of halogens is 2. The van der Waals surface area contributed by atoms with Crippen molar-refractivity contribution in [3.63, 3.8) is 0 Å². The zero-order chi connectivity index (χ0) is 16.7. The van der Waals surface area contributed by atoms with Gasteiger partial charge in [0.05, 0.1) is 30.1 Å². The summed E-state index contributed by atoms with van der Waals surface area (Å²) in [4.78, 5) is 7.43. The van der Waals surface area contributed by atoms with Gasteiger partial charge in [0.1, 0.15) is 11.5 Å². The highest BCUT2D eigenvalue weighted by Crippen LogP contribution is 2.17. The highest BCUT2D eigenvalue weighted by molar-refractivity contribution is 6.38. The second-order valence-corrected chi connectivity index (χ2v) is 4.27. The molecule has 0 radical (unpaired) electrons. The summed E-state index contributed by atoms with van der Waals surface area (Å²) in [7, 11) is 0. The van der Waals surface area contributed by atoms with E-state index in [1.54, 1.807) is 6.92 Å². The number of nitrogen functional groups attached to an aromatic ring is 1. The molecule has 1 aromatic rings. The van der Waals surface area contributed by atoms with Gasteiger partial charge in [-0.25, -0.2) is 18.8 Å². The van der Waals surface area contributed by atoms with Crippen molar-refractivity contribution in [2.24, 2.45) is 15.7 Å². The Kier molecular flexibility index (Phi) is 6.16. The van der Waals surface area contributed by atoms with E-state index in [2.05, 4.69) is 21.8 Å². The van der Waals surface area contributed by atoms with Crippen LogP contribution in [-0.4, -0.2) is 35.6 Å². The Labute approximate surface area is 126 Å². The fraction of sp³-hybridized carbons (Fsp3) is 0.214. The van der Waals surface area contributed by atoms with Crippen molar-refractivity contribution >= 4 is 23.6 Å². The van der Waals surface area contributed by atoms with E-state index >= 15 is 0 Å². The molecule has 0 aliphatic carbocycles. The van der Waals surface area contributed by atoms with Crippen LogP contribution in [0.2, 0.25) is 0 Å². The summed E-state index contributed by atoms with van der Waals surface area (Å²) >= 11 is 0. The summed E-state index contributed by atoms with van der Waals surface area (Å²) in [5, 5.41) is 16.3. The van der Waals surface area contributed by atoms with Gasteiger partial charge in [-0.1, -0.05) is 5.92 Å². The van der Waals surface area contributed by atoms with Crippen LogP contribution >= 0.6 is 0 Å². The average molecular weight is 307 g/mol. The molecule has 0 aliphatic heterocycles. The lowest BCUT2D eigenvalue weighted by molar-refractivity contribution is 0.274. The number of aliphatic hydroxyl groups excluding tert-OH is 1.